The SMILES string of the molecule is Cc1ccc(N)c(NS(=O)(=O)NCC(C)C)c1. The van der Waals surface area contributed by atoms with Gasteiger partial charge in [-0.15, -0.1) is 0 Å². The minimum atomic E-state index is -3.55. The van der Waals surface area contributed by atoms with Crippen molar-refractivity contribution >= 4 is 21.6 Å². The average molecular weight is 257 g/mol. The molecular weight excluding hydrogens is 238 g/mol. The van der Waals surface area contributed by atoms with Crippen LogP contribution in [0.2, 0.25) is 0 Å². The zero-order valence-corrected chi connectivity index (χ0v) is 11.1. The maximum Gasteiger partial charge on any atom is 0.299 e. The Labute approximate surface area is 103 Å². The van der Waals surface area contributed by atoms with Crippen molar-refractivity contribution in [2.45, 2.75) is 20.8 Å². The van der Waals surface area contributed by atoms with Gasteiger partial charge in [0.25, 0.3) is 10.2 Å². The molecule has 0 atom stereocenters. The van der Waals surface area contributed by atoms with E-state index < -0.39 is 10.2 Å². The normalized spacial score (nSPS) is 11.8. The average Bonchev–Trinajstić information content (AvgIpc) is 2.20. The van der Waals surface area contributed by atoms with Gasteiger partial charge in [-0.2, -0.15) is 13.1 Å². The van der Waals surface area contributed by atoms with Crippen LogP contribution in [0.1, 0.15) is 19.4 Å². The van der Waals surface area contributed by atoms with E-state index in [-0.39, 0.29) is 5.92 Å². The van der Waals surface area contributed by atoms with Gasteiger partial charge in [-0.3, -0.25) is 4.72 Å². The van der Waals surface area contributed by atoms with Gasteiger partial charge in [0, 0.05) is 6.54 Å². The van der Waals surface area contributed by atoms with E-state index in [4.69, 9.17) is 5.73 Å². The van der Waals surface area contributed by atoms with Gasteiger partial charge in [0.05, 0.1) is 11.4 Å². The van der Waals surface area contributed by atoms with Gasteiger partial charge < -0.3 is 5.73 Å². The molecule has 0 bridgehead atoms. The third kappa shape index (κ3) is 4.62. The maximum atomic E-state index is 11.7. The summed E-state index contributed by atoms with van der Waals surface area (Å²) in [5, 5.41) is 0. The quantitative estimate of drug-likeness (QED) is 0.698. The summed E-state index contributed by atoms with van der Waals surface area (Å²) in [5.41, 5.74) is 7.45. The van der Waals surface area contributed by atoms with Crippen LogP contribution in [0.25, 0.3) is 0 Å². The lowest BCUT2D eigenvalue weighted by Crippen LogP contribution is -2.33. The Morgan fingerprint density at radius 1 is 1.35 bits per heavy atom. The summed E-state index contributed by atoms with van der Waals surface area (Å²) in [6, 6.07) is 5.20. The minimum Gasteiger partial charge on any atom is -0.397 e. The van der Waals surface area contributed by atoms with E-state index in [9.17, 15) is 8.42 Å². The van der Waals surface area contributed by atoms with E-state index in [1.54, 1.807) is 12.1 Å². The molecule has 0 saturated carbocycles. The van der Waals surface area contributed by atoms with Crippen molar-refractivity contribution < 1.29 is 8.42 Å². The molecule has 0 spiro atoms. The molecule has 1 aromatic rings. The number of nitrogen functional groups attached to an aromatic ring is 1. The topological polar surface area (TPSA) is 84.2 Å². The Morgan fingerprint density at radius 2 is 2.00 bits per heavy atom. The fourth-order valence-electron chi connectivity index (χ4n) is 1.22. The van der Waals surface area contributed by atoms with Crippen molar-refractivity contribution in [2.24, 2.45) is 5.92 Å². The molecule has 0 aliphatic heterocycles. The Morgan fingerprint density at radius 3 is 2.59 bits per heavy atom. The van der Waals surface area contributed by atoms with Crippen LogP contribution in [-0.4, -0.2) is 15.0 Å². The summed E-state index contributed by atoms with van der Waals surface area (Å²) in [7, 11) is -3.55. The molecule has 0 amide bonds. The Bertz CT molecular complexity index is 483. The molecule has 0 radical (unpaired) electrons. The number of rotatable bonds is 5. The first-order chi connectivity index (χ1) is 7.80. The van der Waals surface area contributed by atoms with Crippen LogP contribution < -0.4 is 15.2 Å². The molecule has 0 unspecified atom stereocenters. The molecule has 0 fully saturated rings. The molecule has 6 heteroatoms. The highest BCUT2D eigenvalue weighted by atomic mass is 32.2. The largest absolute Gasteiger partial charge is 0.397 e. The standard InChI is InChI=1S/C11H19N3O2S/c1-8(2)7-13-17(15,16)14-11-6-9(3)4-5-10(11)12/h4-6,8,13-14H,7,12H2,1-3H3. The second-order valence-electron chi connectivity index (χ2n) is 4.44. The summed E-state index contributed by atoms with van der Waals surface area (Å²) in [6.45, 7) is 6.13. The van der Waals surface area contributed by atoms with Crippen LogP contribution >= 0.6 is 0 Å². The molecule has 0 heterocycles. The van der Waals surface area contributed by atoms with Crippen molar-refractivity contribution in [2.75, 3.05) is 17.0 Å². The van der Waals surface area contributed by atoms with E-state index in [0.717, 1.165) is 5.56 Å². The Kier molecular flexibility index (Phi) is 4.36. The lowest BCUT2D eigenvalue weighted by molar-refractivity contribution is 0.565. The monoisotopic (exact) mass is 257 g/mol. The van der Waals surface area contributed by atoms with E-state index in [1.165, 1.54) is 0 Å². The molecule has 0 aliphatic carbocycles. The van der Waals surface area contributed by atoms with Gasteiger partial charge in [-0.1, -0.05) is 19.9 Å². The third-order valence-electron chi connectivity index (χ3n) is 2.13. The molecular formula is C11H19N3O2S. The number of aryl methyl sites for hydroxylation is 1. The molecule has 5 nitrogen and oxygen atoms in total. The van der Waals surface area contributed by atoms with Crippen LogP contribution in [-0.2, 0) is 10.2 Å². The molecule has 17 heavy (non-hydrogen) atoms. The van der Waals surface area contributed by atoms with Crippen LogP contribution in [0.3, 0.4) is 0 Å². The van der Waals surface area contributed by atoms with Crippen molar-refractivity contribution in [3.05, 3.63) is 23.8 Å². The van der Waals surface area contributed by atoms with Crippen molar-refractivity contribution in [1.29, 1.82) is 0 Å². The highest BCUT2D eigenvalue weighted by Crippen LogP contribution is 2.20. The minimum absolute atomic E-state index is 0.251. The number of anilines is 2. The van der Waals surface area contributed by atoms with E-state index in [0.29, 0.717) is 17.9 Å². The lowest BCUT2D eigenvalue weighted by Gasteiger charge is -2.12. The first-order valence-corrected chi connectivity index (χ1v) is 6.92. The summed E-state index contributed by atoms with van der Waals surface area (Å²) in [4.78, 5) is 0. The highest BCUT2D eigenvalue weighted by molar-refractivity contribution is 7.90. The second-order valence-corrected chi connectivity index (χ2v) is 5.94. The van der Waals surface area contributed by atoms with Gasteiger partial charge in [-0.05, 0) is 30.5 Å². The van der Waals surface area contributed by atoms with Gasteiger partial charge in [0.15, 0.2) is 0 Å². The molecule has 1 rings (SSSR count). The third-order valence-corrected chi connectivity index (χ3v) is 3.17. The smallest absolute Gasteiger partial charge is 0.299 e. The molecule has 0 aromatic heterocycles. The molecule has 96 valence electrons. The van der Waals surface area contributed by atoms with Crippen molar-refractivity contribution in [1.82, 2.24) is 4.72 Å². The maximum absolute atomic E-state index is 11.7. The number of nitrogens with one attached hydrogen (secondary N) is 2. The predicted octanol–water partition coefficient (Wildman–Crippen LogP) is 1.48. The Balaban J connectivity index is 2.79. The van der Waals surface area contributed by atoms with Crippen LogP contribution in [0.5, 0.6) is 0 Å². The molecule has 1 aromatic carbocycles. The van der Waals surface area contributed by atoms with Crippen molar-refractivity contribution in [3.63, 3.8) is 0 Å². The fourth-order valence-corrected chi connectivity index (χ4v) is 2.31. The predicted molar refractivity (Wildman–Crippen MR) is 71.0 cm³/mol. The zero-order valence-electron chi connectivity index (χ0n) is 10.3. The summed E-state index contributed by atoms with van der Waals surface area (Å²) in [5.74, 6) is 0.251. The number of hydrogen-bond acceptors (Lipinski definition) is 3. The number of hydrogen-bond donors (Lipinski definition) is 3. The van der Waals surface area contributed by atoms with Gasteiger partial charge >= 0.3 is 0 Å². The number of benzene rings is 1. The van der Waals surface area contributed by atoms with E-state index in [1.807, 2.05) is 26.8 Å². The Hall–Kier alpha value is -1.27. The van der Waals surface area contributed by atoms with Crippen molar-refractivity contribution in [3.8, 4) is 0 Å². The summed E-state index contributed by atoms with van der Waals surface area (Å²) < 4.78 is 28.3. The van der Waals surface area contributed by atoms with E-state index >= 15 is 0 Å². The fraction of sp³-hybridized carbons (Fsp3) is 0.455. The first-order valence-electron chi connectivity index (χ1n) is 5.43. The zero-order chi connectivity index (χ0) is 13.1. The van der Waals surface area contributed by atoms with E-state index in [2.05, 4.69) is 9.44 Å². The van der Waals surface area contributed by atoms with Crippen LogP contribution in [0.4, 0.5) is 11.4 Å². The molecule has 0 aliphatic rings. The van der Waals surface area contributed by atoms with Crippen LogP contribution in [0, 0.1) is 12.8 Å². The second kappa shape index (κ2) is 5.37. The number of nitrogens with two attached hydrogens (primary N) is 1. The van der Waals surface area contributed by atoms with Gasteiger partial charge in [0.2, 0.25) is 0 Å². The summed E-state index contributed by atoms with van der Waals surface area (Å²) >= 11 is 0. The lowest BCUT2D eigenvalue weighted by atomic mass is 10.2. The summed E-state index contributed by atoms with van der Waals surface area (Å²) in [6.07, 6.45) is 0. The van der Waals surface area contributed by atoms with Gasteiger partial charge in [0.1, 0.15) is 0 Å². The van der Waals surface area contributed by atoms with Gasteiger partial charge in [-0.25, -0.2) is 0 Å². The molecule has 0 saturated heterocycles. The highest BCUT2D eigenvalue weighted by Gasteiger charge is 2.11. The van der Waals surface area contributed by atoms with Crippen LogP contribution in [0.15, 0.2) is 18.2 Å². The first kappa shape index (κ1) is 13.8. The molecule has 4 N–H and O–H groups in total.